The maximum atomic E-state index is 11.0. The van der Waals surface area contributed by atoms with E-state index in [0.717, 1.165) is 0 Å². The van der Waals surface area contributed by atoms with Crippen molar-refractivity contribution in [2.24, 2.45) is 5.73 Å². The molecule has 0 atom stereocenters. The summed E-state index contributed by atoms with van der Waals surface area (Å²) in [5.74, 6) is -0.867. The number of pyridine rings is 1. The Labute approximate surface area is 82.0 Å². The molecule has 2 N–H and O–H groups in total. The number of carbonyl (C=O) groups excluding carboxylic acids is 2. The Morgan fingerprint density at radius 3 is 2.69 bits per heavy atom. The molecule has 0 fully saturated rings. The van der Waals surface area contributed by atoms with E-state index in [4.69, 9.17) is 0 Å². The molecule has 0 bridgehead atoms. The Morgan fingerprint density at radius 2 is 2.15 bits per heavy atom. The summed E-state index contributed by atoms with van der Waals surface area (Å²) in [6.07, 6.45) is -1.15. The summed E-state index contributed by atoms with van der Waals surface area (Å²) in [6.45, 7) is 0. The van der Waals surface area contributed by atoms with Crippen LogP contribution in [0.5, 0.6) is 0 Å². The van der Waals surface area contributed by atoms with Crippen molar-refractivity contribution in [2.45, 2.75) is 0 Å². The maximum absolute atomic E-state index is 11.0. The standard InChI is InChI=1S/C7H5BrN2O3/c8-5-3-1-2-4(10-5)6(11)13-7(9)12/h1-3H,(H2,9,12). The van der Waals surface area contributed by atoms with Crippen LogP contribution in [-0.2, 0) is 4.74 Å². The zero-order valence-electron chi connectivity index (χ0n) is 6.36. The fraction of sp³-hybridized carbons (Fsp3) is 0. The summed E-state index contributed by atoms with van der Waals surface area (Å²) in [5, 5.41) is 0. The summed E-state index contributed by atoms with van der Waals surface area (Å²) in [6, 6.07) is 4.64. The van der Waals surface area contributed by atoms with Gasteiger partial charge in [-0.3, -0.25) is 0 Å². The number of nitrogens with two attached hydrogens (primary N) is 1. The second kappa shape index (κ2) is 3.99. The van der Waals surface area contributed by atoms with Crippen molar-refractivity contribution in [3.05, 3.63) is 28.5 Å². The Kier molecular flexibility index (Phi) is 2.97. The fourth-order valence-corrected chi connectivity index (χ4v) is 1.01. The molecule has 1 rings (SSSR count). The predicted molar refractivity (Wildman–Crippen MR) is 46.9 cm³/mol. The number of nitrogens with zero attached hydrogens (tertiary/aromatic N) is 1. The minimum atomic E-state index is -1.15. The summed E-state index contributed by atoms with van der Waals surface area (Å²) >= 11 is 3.06. The van der Waals surface area contributed by atoms with Gasteiger partial charge in [0.2, 0.25) is 0 Å². The third kappa shape index (κ3) is 2.83. The molecule has 68 valence electrons. The lowest BCUT2D eigenvalue weighted by atomic mass is 10.4. The molecule has 0 aliphatic heterocycles. The maximum Gasteiger partial charge on any atom is 0.412 e. The van der Waals surface area contributed by atoms with Crippen molar-refractivity contribution < 1.29 is 14.3 Å². The number of aromatic nitrogens is 1. The Morgan fingerprint density at radius 1 is 1.46 bits per heavy atom. The van der Waals surface area contributed by atoms with Crippen molar-refractivity contribution in [3.63, 3.8) is 0 Å². The monoisotopic (exact) mass is 244 g/mol. The van der Waals surface area contributed by atoms with E-state index in [-0.39, 0.29) is 5.69 Å². The van der Waals surface area contributed by atoms with Crippen LogP contribution in [0, 0.1) is 0 Å². The molecular formula is C7H5BrN2O3. The molecule has 0 saturated heterocycles. The van der Waals surface area contributed by atoms with Crippen LogP contribution in [0.3, 0.4) is 0 Å². The number of primary amides is 1. The number of esters is 1. The van der Waals surface area contributed by atoms with Crippen LogP contribution in [0.2, 0.25) is 0 Å². The number of hydrogen-bond donors (Lipinski definition) is 1. The molecule has 0 aliphatic carbocycles. The predicted octanol–water partition coefficient (Wildman–Crippen LogP) is 1.08. The molecule has 6 heteroatoms. The highest BCUT2D eigenvalue weighted by Gasteiger charge is 2.11. The van der Waals surface area contributed by atoms with Gasteiger partial charge in [0.15, 0.2) is 0 Å². The van der Waals surface area contributed by atoms with Crippen LogP contribution in [-0.4, -0.2) is 17.0 Å². The number of hydrogen-bond acceptors (Lipinski definition) is 4. The van der Waals surface area contributed by atoms with E-state index in [2.05, 4.69) is 31.4 Å². The van der Waals surface area contributed by atoms with Gasteiger partial charge in [-0.2, -0.15) is 0 Å². The molecule has 0 saturated carbocycles. The number of ether oxygens (including phenoxy) is 1. The molecule has 1 heterocycles. The highest BCUT2D eigenvalue weighted by molar-refractivity contribution is 9.10. The van der Waals surface area contributed by atoms with Crippen LogP contribution in [0.4, 0.5) is 4.79 Å². The normalized spacial score (nSPS) is 9.31. The van der Waals surface area contributed by atoms with Gasteiger partial charge < -0.3 is 10.5 Å². The highest BCUT2D eigenvalue weighted by Crippen LogP contribution is 2.06. The van der Waals surface area contributed by atoms with Gasteiger partial charge in [0.1, 0.15) is 10.3 Å². The number of amides is 1. The minimum absolute atomic E-state index is 0.0215. The van der Waals surface area contributed by atoms with Gasteiger partial charge in [-0.1, -0.05) is 6.07 Å². The first kappa shape index (κ1) is 9.66. The van der Waals surface area contributed by atoms with Gasteiger partial charge in [-0.15, -0.1) is 0 Å². The van der Waals surface area contributed by atoms with E-state index >= 15 is 0 Å². The van der Waals surface area contributed by atoms with Crippen LogP contribution in [0.25, 0.3) is 0 Å². The van der Waals surface area contributed by atoms with Crippen molar-refractivity contribution in [1.29, 1.82) is 0 Å². The third-order valence-electron chi connectivity index (χ3n) is 1.12. The Hall–Kier alpha value is -1.43. The molecule has 0 spiro atoms. The Balaban J connectivity index is 2.83. The Bertz CT molecular complexity index is 353. The molecule has 0 unspecified atom stereocenters. The third-order valence-corrected chi connectivity index (χ3v) is 1.56. The lowest BCUT2D eigenvalue weighted by Crippen LogP contribution is -2.19. The molecule has 0 aliphatic rings. The van der Waals surface area contributed by atoms with Crippen LogP contribution >= 0.6 is 15.9 Å². The van der Waals surface area contributed by atoms with Crippen molar-refractivity contribution in [1.82, 2.24) is 4.98 Å². The molecule has 13 heavy (non-hydrogen) atoms. The van der Waals surface area contributed by atoms with Crippen molar-refractivity contribution in [3.8, 4) is 0 Å². The van der Waals surface area contributed by atoms with Crippen LogP contribution in [0.1, 0.15) is 10.5 Å². The molecule has 5 nitrogen and oxygen atoms in total. The van der Waals surface area contributed by atoms with E-state index in [0.29, 0.717) is 4.60 Å². The van der Waals surface area contributed by atoms with Crippen LogP contribution in [0.15, 0.2) is 22.8 Å². The van der Waals surface area contributed by atoms with Gasteiger partial charge in [0, 0.05) is 0 Å². The first-order valence-electron chi connectivity index (χ1n) is 3.24. The average Bonchev–Trinajstić information content (AvgIpc) is 2.03. The second-order valence-electron chi connectivity index (χ2n) is 2.05. The fourth-order valence-electron chi connectivity index (χ4n) is 0.666. The SMILES string of the molecule is NC(=O)OC(=O)c1cccc(Br)n1. The summed E-state index contributed by atoms with van der Waals surface area (Å²) in [5.41, 5.74) is 4.67. The highest BCUT2D eigenvalue weighted by atomic mass is 79.9. The quantitative estimate of drug-likeness (QED) is 0.456. The smallest absolute Gasteiger partial charge is 0.372 e. The number of carbonyl (C=O) groups is 2. The molecular weight excluding hydrogens is 240 g/mol. The van der Waals surface area contributed by atoms with Crippen molar-refractivity contribution >= 4 is 28.0 Å². The van der Waals surface area contributed by atoms with Crippen molar-refractivity contribution in [2.75, 3.05) is 0 Å². The lowest BCUT2D eigenvalue weighted by molar-refractivity contribution is 0.0632. The van der Waals surface area contributed by atoms with E-state index in [1.165, 1.54) is 6.07 Å². The number of halogens is 1. The zero-order valence-corrected chi connectivity index (χ0v) is 7.95. The van der Waals surface area contributed by atoms with E-state index in [1.54, 1.807) is 12.1 Å². The summed E-state index contributed by atoms with van der Waals surface area (Å²) in [4.78, 5) is 25.0. The molecule has 0 radical (unpaired) electrons. The van der Waals surface area contributed by atoms with E-state index < -0.39 is 12.1 Å². The molecule has 0 aromatic carbocycles. The van der Waals surface area contributed by atoms with Gasteiger partial charge in [-0.05, 0) is 28.1 Å². The van der Waals surface area contributed by atoms with Gasteiger partial charge >= 0.3 is 12.1 Å². The first-order valence-corrected chi connectivity index (χ1v) is 4.03. The van der Waals surface area contributed by atoms with Gasteiger partial charge in [0.05, 0.1) is 0 Å². The van der Waals surface area contributed by atoms with E-state index in [1.807, 2.05) is 0 Å². The van der Waals surface area contributed by atoms with Gasteiger partial charge in [-0.25, -0.2) is 14.6 Å². The topological polar surface area (TPSA) is 82.3 Å². The number of rotatable bonds is 1. The minimum Gasteiger partial charge on any atom is -0.372 e. The zero-order chi connectivity index (χ0) is 9.84. The lowest BCUT2D eigenvalue weighted by Gasteiger charge is -1.98. The summed E-state index contributed by atoms with van der Waals surface area (Å²) < 4.78 is 4.59. The largest absolute Gasteiger partial charge is 0.412 e. The summed E-state index contributed by atoms with van der Waals surface area (Å²) in [7, 11) is 0. The van der Waals surface area contributed by atoms with Crippen LogP contribution < -0.4 is 5.73 Å². The van der Waals surface area contributed by atoms with E-state index in [9.17, 15) is 9.59 Å². The molecule has 1 aromatic heterocycles. The van der Waals surface area contributed by atoms with Gasteiger partial charge in [0.25, 0.3) is 0 Å². The molecule has 1 amide bonds. The second-order valence-corrected chi connectivity index (χ2v) is 2.87. The first-order chi connectivity index (χ1) is 6.09. The molecule has 1 aromatic rings. The average molecular weight is 245 g/mol.